The van der Waals surface area contributed by atoms with Crippen molar-refractivity contribution >= 4 is 169 Å². The third-order valence-corrected chi connectivity index (χ3v) is 19.2. The van der Waals surface area contributed by atoms with Crippen LogP contribution in [-0.4, -0.2) is 9.55 Å². The summed E-state index contributed by atoms with van der Waals surface area (Å²) in [5.74, 6) is 0. The fraction of sp³-hybridized carbons (Fsp3) is 0. The highest BCUT2D eigenvalue weighted by Gasteiger charge is 2.32. The van der Waals surface area contributed by atoms with Crippen LogP contribution in [0, 0.1) is 0 Å². The fourth-order valence-electron chi connectivity index (χ4n) is 12.4. The maximum Gasteiger partial charge on any atom is 0.0703 e. The Balaban J connectivity index is 0.000000116. The van der Waals surface area contributed by atoms with Gasteiger partial charge < -0.3 is 29.2 Å². The van der Waals surface area contributed by atoms with Gasteiger partial charge in [0.1, 0.15) is 0 Å². The number of thiophene rings is 2. The minimum absolute atomic E-state index is 1.08. The van der Waals surface area contributed by atoms with Crippen LogP contribution in [0.1, 0.15) is 0 Å². The zero-order valence-corrected chi connectivity index (χ0v) is 49.0. The number of H-pyrrole nitrogens is 1. The van der Waals surface area contributed by atoms with Crippen molar-refractivity contribution in [3.8, 4) is 5.69 Å². The normalized spacial score (nSPS) is 12.4. The fourth-order valence-corrected chi connectivity index (χ4v) is 15.2. The van der Waals surface area contributed by atoms with Crippen LogP contribution in [0.4, 0.5) is 68.2 Å². The largest absolute Gasteiger partial charge is 0.361 e. The number of anilines is 12. The SMILES string of the molecule is Brc1ccc(N2c3ccccc3N(c3ccccc3)c3ccccc32)cc1.c1ccc(N2c3ccccc3N(c3ccc(-n4ccc5c6sc7ccccc7c6ccc54)cc3)c3ccccc32)cc1.c1ccc2c(c1)sc1c3cc[nH]c3ccc21. The summed E-state index contributed by atoms with van der Waals surface area (Å²) in [6, 6.07) is 104. The number of fused-ring (bicyclic) bond motifs is 14. The second-order valence-electron chi connectivity index (χ2n) is 21.1. The maximum absolute atomic E-state index is 3.55. The molecule has 2 aliphatic heterocycles. The van der Waals surface area contributed by atoms with Crippen LogP contribution in [0.15, 0.2) is 308 Å². The van der Waals surface area contributed by atoms with Gasteiger partial charge in [-0.25, -0.2) is 0 Å². The summed E-state index contributed by atoms with van der Waals surface area (Å²) in [4.78, 5) is 12.7. The Morgan fingerprint density at radius 1 is 0.271 bits per heavy atom. The lowest BCUT2D eigenvalue weighted by molar-refractivity contribution is 1.12. The van der Waals surface area contributed by atoms with Crippen molar-refractivity contribution in [1.29, 1.82) is 0 Å². The highest BCUT2D eigenvalue weighted by Crippen LogP contribution is 2.56. The third kappa shape index (κ3) is 8.74. The maximum atomic E-state index is 3.55. The molecule has 0 aliphatic carbocycles. The van der Waals surface area contributed by atoms with E-state index in [4.69, 9.17) is 0 Å². The van der Waals surface area contributed by atoms with Crippen molar-refractivity contribution in [2.45, 2.75) is 0 Å². The molecule has 0 atom stereocenters. The smallest absolute Gasteiger partial charge is 0.0703 e. The summed E-state index contributed by atoms with van der Waals surface area (Å²) in [6.07, 6.45) is 4.21. The molecule has 0 amide bonds. The number of nitrogens with zero attached hydrogens (tertiary/aromatic N) is 5. The van der Waals surface area contributed by atoms with Crippen LogP contribution >= 0.6 is 38.6 Å². The van der Waals surface area contributed by atoms with Crippen molar-refractivity contribution in [3.05, 3.63) is 308 Å². The predicted octanol–water partition coefficient (Wildman–Crippen LogP) is 23.5. The molecule has 0 unspecified atom stereocenters. The summed E-state index contributed by atoms with van der Waals surface area (Å²) in [5.41, 5.74) is 17.5. The van der Waals surface area contributed by atoms with Crippen LogP contribution < -0.4 is 19.6 Å². The number of benzene rings is 12. The Morgan fingerprint density at radius 2 is 0.635 bits per heavy atom. The number of hydrogen-bond donors (Lipinski definition) is 1. The van der Waals surface area contributed by atoms with Crippen LogP contribution in [0.5, 0.6) is 0 Å². The molecule has 85 heavy (non-hydrogen) atoms. The number of aromatic amines is 1. The Kier molecular flexibility index (Phi) is 12.6. The monoisotopic (exact) mass is 1190 g/mol. The van der Waals surface area contributed by atoms with E-state index in [0.29, 0.717) is 0 Å². The zero-order valence-electron chi connectivity index (χ0n) is 45.8. The van der Waals surface area contributed by atoms with E-state index in [1.54, 1.807) is 0 Å². The van der Waals surface area contributed by atoms with E-state index in [-0.39, 0.29) is 0 Å². The van der Waals surface area contributed by atoms with Gasteiger partial charge in [-0.05, 0) is 158 Å². The minimum Gasteiger partial charge on any atom is -0.361 e. The van der Waals surface area contributed by atoms with Gasteiger partial charge >= 0.3 is 0 Å². The highest BCUT2D eigenvalue weighted by atomic mass is 79.9. The van der Waals surface area contributed by atoms with Crippen LogP contribution in [0.3, 0.4) is 0 Å². The first kappa shape index (κ1) is 50.6. The molecule has 0 saturated carbocycles. The van der Waals surface area contributed by atoms with Gasteiger partial charge in [-0.1, -0.05) is 149 Å². The van der Waals surface area contributed by atoms with Gasteiger partial charge in [0.2, 0.25) is 0 Å². The molecule has 0 bridgehead atoms. The molecule has 1 N–H and O–H groups in total. The van der Waals surface area contributed by atoms with Crippen LogP contribution in [0.2, 0.25) is 0 Å². The van der Waals surface area contributed by atoms with E-state index in [1.165, 1.54) is 84.9 Å². The predicted molar refractivity (Wildman–Crippen MR) is 367 cm³/mol. The Bertz CT molecular complexity index is 5030. The van der Waals surface area contributed by atoms with Gasteiger partial charge in [-0.15, -0.1) is 22.7 Å². The standard InChI is InChI=1S/C38H25N3S.C24H17BrN2.C14H9NS/c1-2-10-27(11-3-1)40-33-13-5-7-15-35(33)41(36-16-8-6-14-34(36)40)28-20-18-26(19-21-28)39-25-24-31-32(39)23-22-30-29-12-4-9-17-37(29)42-38(30)31;25-18-14-16-20(17-15-18)27-23-12-6-4-10-21(23)26(19-8-2-1-3-9-19)22-11-5-7-13-24(22)27;1-2-4-13-9(3-1)10-5-6-12-11(7-8-15-12)14(10)16-13/h1-25H;1-17H;1-8,15H. The lowest BCUT2D eigenvalue weighted by Crippen LogP contribution is -2.23. The number of aromatic nitrogens is 2. The second-order valence-corrected chi connectivity index (χ2v) is 24.1. The molecule has 4 aromatic heterocycles. The molecule has 0 fully saturated rings. The van der Waals surface area contributed by atoms with Gasteiger partial charge in [0.05, 0.1) is 51.0 Å². The topological polar surface area (TPSA) is 33.7 Å². The molecule has 0 saturated heterocycles. The molecule has 404 valence electrons. The summed E-state index contributed by atoms with van der Waals surface area (Å²) in [6.45, 7) is 0. The van der Waals surface area contributed by atoms with E-state index in [1.807, 2.05) is 28.9 Å². The van der Waals surface area contributed by atoms with E-state index >= 15 is 0 Å². The molecule has 9 heteroatoms. The summed E-state index contributed by atoms with van der Waals surface area (Å²) in [7, 11) is 0. The van der Waals surface area contributed by atoms with E-state index in [2.05, 4.69) is 342 Å². The van der Waals surface area contributed by atoms with Gasteiger partial charge in [0.15, 0.2) is 0 Å². The van der Waals surface area contributed by atoms with Crippen molar-refractivity contribution in [2.24, 2.45) is 0 Å². The molecule has 0 spiro atoms. The van der Waals surface area contributed by atoms with E-state index in [9.17, 15) is 0 Å². The minimum atomic E-state index is 1.08. The molecule has 2 aliphatic rings. The van der Waals surface area contributed by atoms with Crippen LogP contribution in [0.25, 0.3) is 67.8 Å². The molecule has 18 rings (SSSR count). The van der Waals surface area contributed by atoms with Gasteiger partial charge in [0.25, 0.3) is 0 Å². The first-order valence-corrected chi connectivity index (χ1v) is 30.9. The number of hydrogen-bond acceptors (Lipinski definition) is 6. The first-order chi connectivity index (χ1) is 42.1. The summed E-state index contributed by atoms with van der Waals surface area (Å²) in [5, 5.41) is 8.04. The van der Waals surface area contributed by atoms with Crippen molar-refractivity contribution < 1.29 is 0 Å². The van der Waals surface area contributed by atoms with Crippen LogP contribution in [-0.2, 0) is 0 Å². The Labute approximate surface area is 508 Å². The van der Waals surface area contributed by atoms with Crippen molar-refractivity contribution in [1.82, 2.24) is 9.55 Å². The molecular formula is C76H51BrN6S2. The number of nitrogens with one attached hydrogen (secondary N) is 1. The molecule has 16 aromatic rings. The number of para-hydroxylation sites is 10. The second kappa shape index (κ2) is 21.2. The third-order valence-electron chi connectivity index (χ3n) is 16.2. The first-order valence-electron chi connectivity index (χ1n) is 28.4. The molecule has 12 aromatic carbocycles. The van der Waals surface area contributed by atoms with Crippen molar-refractivity contribution in [2.75, 3.05) is 19.6 Å². The summed E-state index contributed by atoms with van der Waals surface area (Å²) < 4.78 is 8.83. The zero-order chi connectivity index (χ0) is 56.4. The van der Waals surface area contributed by atoms with Gasteiger partial charge in [-0.2, -0.15) is 0 Å². The Hall–Kier alpha value is -10.2. The lowest BCUT2D eigenvalue weighted by atomic mass is 10.0. The molecule has 6 nitrogen and oxygen atoms in total. The van der Waals surface area contributed by atoms with Gasteiger partial charge in [0, 0.05) is 102 Å². The van der Waals surface area contributed by atoms with E-state index < -0.39 is 0 Å². The molecular weight excluding hydrogens is 1140 g/mol. The number of rotatable bonds is 5. The molecule has 0 radical (unpaired) electrons. The lowest BCUT2D eigenvalue weighted by Gasteiger charge is -2.40. The Morgan fingerprint density at radius 3 is 1.09 bits per heavy atom. The average Bonchev–Trinajstić information content (AvgIpc) is 2.90. The molecule has 6 heterocycles. The highest BCUT2D eigenvalue weighted by molar-refractivity contribution is 9.10. The van der Waals surface area contributed by atoms with E-state index in [0.717, 1.165) is 55.7 Å². The number of halogens is 1. The van der Waals surface area contributed by atoms with Crippen molar-refractivity contribution in [3.63, 3.8) is 0 Å². The summed E-state index contributed by atoms with van der Waals surface area (Å²) >= 11 is 7.30. The van der Waals surface area contributed by atoms with Gasteiger partial charge in [-0.3, -0.25) is 0 Å². The quantitative estimate of drug-likeness (QED) is 0.186. The average molecular weight is 1190 g/mol.